The van der Waals surface area contributed by atoms with E-state index in [2.05, 4.69) is 21.9 Å². The fraction of sp³-hybridized carbons (Fsp3) is 0.400. The van der Waals surface area contributed by atoms with Crippen molar-refractivity contribution in [3.8, 4) is 0 Å². The lowest BCUT2D eigenvalue weighted by Gasteiger charge is -1.81. The molecular weight excluding hydrogens is 162 g/mol. The Labute approximate surface area is 78.2 Å². The normalized spacial score (nSPS) is 9.46. The number of imidazole rings is 1. The first kappa shape index (κ1) is 9.71. The molecule has 0 unspecified atom stereocenters. The van der Waals surface area contributed by atoms with Crippen LogP contribution in [0.3, 0.4) is 0 Å². The molecule has 0 bridgehead atoms. The van der Waals surface area contributed by atoms with Crippen molar-refractivity contribution in [1.82, 2.24) is 15.0 Å². The Kier molecular flexibility index (Phi) is 3.43. The van der Waals surface area contributed by atoms with E-state index in [1.54, 1.807) is 6.20 Å². The van der Waals surface area contributed by atoms with Crippen LogP contribution in [-0.4, -0.2) is 15.0 Å². The van der Waals surface area contributed by atoms with Gasteiger partial charge in [-0.15, -0.1) is 0 Å². The van der Waals surface area contributed by atoms with Gasteiger partial charge in [0.05, 0.1) is 5.52 Å². The first-order valence-corrected chi connectivity index (χ1v) is 4.70. The quantitative estimate of drug-likeness (QED) is 0.727. The van der Waals surface area contributed by atoms with Crippen molar-refractivity contribution < 1.29 is 0 Å². The number of hydrogen-bond donors (Lipinski definition) is 1. The molecule has 0 saturated carbocycles. The largest absolute Gasteiger partial charge is 0.341 e. The molecule has 1 N–H and O–H groups in total. The number of pyridine rings is 1. The highest BCUT2D eigenvalue weighted by Gasteiger charge is 1.98. The predicted octanol–water partition coefficient (Wildman–Crippen LogP) is 2.55. The number of H-pyrrole nitrogens is 1. The third-order valence-corrected chi connectivity index (χ3v) is 1.64. The Morgan fingerprint density at radius 2 is 2.15 bits per heavy atom. The molecule has 0 aliphatic carbocycles. The zero-order valence-electron chi connectivity index (χ0n) is 8.33. The van der Waals surface area contributed by atoms with Crippen LogP contribution in [0.15, 0.2) is 18.3 Å². The summed E-state index contributed by atoms with van der Waals surface area (Å²) in [5.41, 5.74) is 1.83. The Hall–Kier alpha value is -1.38. The van der Waals surface area contributed by atoms with E-state index in [-0.39, 0.29) is 0 Å². The van der Waals surface area contributed by atoms with E-state index in [1.165, 1.54) is 0 Å². The van der Waals surface area contributed by atoms with Crippen molar-refractivity contribution >= 4 is 11.2 Å². The molecule has 2 rings (SSSR count). The lowest BCUT2D eigenvalue weighted by molar-refractivity contribution is 0.997. The summed E-state index contributed by atoms with van der Waals surface area (Å²) in [6.45, 7) is 6.07. The Balaban J connectivity index is 0.000000396. The molecule has 0 saturated heterocycles. The van der Waals surface area contributed by atoms with Gasteiger partial charge in [-0.1, -0.05) is 20.8 Å². The van der Waals surface area contributed by atoms with E-state index in [9.17, 15) is 0 Å². The highest BCUT2D eigenvalue weighted by Crippen LogP contribution is 2.06. The third kappa shape index (κ3) is 2.05. The predicted molar refractivity (Wildman–Crippen MR) is 54.6 cm³/mol. The Morgan fingerprint density at radius 3 is 2.77 bits per heavy atom. The topological polar surface area (TPSA) is 41.6 Å². The fourth-order valence-electron chi connectivity index (χ4n) is 1.06. The molecule has 0 radical (unpaired) electrons. The summed E-state index contributed by atoms with van der Waals surface area (Å²) >= 11 is 0. The molecular formula is C10H15N3. The zero-order valence-corrected chi connectivity index (χ0v) is 8.33. The second-order valence-electron chi connectivity index (χ2n) is 2.41. The number of aromatic amines is 1. The number of rotatable bonds is 1. The average molecular weight is 177 g/mol. The van der Waals surface area contributed by atoms with Gasteiger partial charge in [-0.25, -0.2) is 9.97 Å². The first-order valence-electron chi connectivity index (χ1n) is 4.70. The second kappa shape index (κ2) is 4.60. The summed E-state index contributed by atoms with van der Waals surface area (Å²) in [4.78, 5) is 11.5. The molecule has 0 aliphatic rings. The molecule has 3 heteroatoms. The van der Waals surface area contributed by atoms with Crippen LogP contribution in [0.25, 0.3) is 11.2 Å². The van der Waals surface area contributed by atoms with Crippen molar-refractivity contribution in [1.29, 1.82) is 0 Å². The number of fused-ring (bicyclic) bond motifs is 1. The van der Waals surface area contributed by atoms with E-state index in [4.69, 9.17) is 0 Å². The monoisotopic (exact) mass is 177 g/mol. The van der Waals surface area contributed by atoms with E-state index in [0.717, 1.165) is 23.4 Å². The van der Waals surface area contributed by atoms with Crippen LogP contribution in [-0.2, 0) is 6.42 Å². The molecule has 2 aromatic heterocycles. The van der Waals surface area contributed by atoms with Crippen molar-refractivity contribution in [2.75, 3.05) is 0 Å². The van der Waals surface area contributed by atoms with Gasteiger partial charge in [0.25, 0.3) is 0 Å². The van der Waals surface area contributed by atoms with Crippen molar-refractivity contribution in [2.45, 2.75) is 27.2 Å². The maximum absolute atomic E-state index is 4.26. The Morgan fingerprint density at radius 1 is 1.38 bits per heavy atom. The molecule has 0 amide bonds. The molecule has 2 aromatic rings. The summed E-state index contributed by atoms with van der Waals surface area (Å²) in [5, 5.41) is 0. The molecule has 0 aliphatic heterocycles. The van der Waals surface area contributed by atoms with E-state index in [1.807, 2.05) is 26.0 Å². The van der Waals surface area contributed by atoms with Crippen LogP contribution in [0.4, 0.5) is 0 Å². The van der Waals surface area contributed by atoms with Gasteiger partial charge >= 0.3 is 0 Å². The maximum Gasteiger partial charge on any atom is 0.177 e. The third-order valence-electron chi connectivity index (χ3n) is 1.64. The molecule has 3 nitrogen and oxygen atoms in total. The van der Waals surface area contributed by atoms with Gasteiger partial charge in [0.1, 0.15) is 5.82 Å². The molecule has 0 atom stereocenters. The maximum atomic E-state index is 4.26. The highest BCUT2D eigenvalue weighted by molar-refractivity contribution is 5.69. The molecule has 70 valence electrons. The molecule has 0 aromatic carbocycles. The average Bonchev–Trinajstić information content (AvgIpc) is 2.63. The smallest absolute Gasteiger partial charge is 0.177 e. The van der Waals surface area contributed by atoms with Crippen LogP contribution in [0.5, 0.6) is 0 Å². The van der Waals surface area contributed by atoms with Crippen LogP contribution < -0.4 is 0 Å². The van der Waals surface area contributed by atoms with Crippen LogP contribution >= 0.6 is 0 Å². The summed E-state index contributed by atoms with van der Waals surface area (Å²) in [7, 11) is 0. The molecule has 2 heterocycles. The molecule has 0 fully saturated rings. The SMILES string of the molecule is CC.CCc1nc2ncccc2[nH]1. The van der Waals surface area contributed by atoms with E-state index < -0.39 is 0 Å². The van der Waals surface area contributed by atoms with Gasteiger partial charge in [-0.05, 0) is 12.1 Å². The second-order valence-corrected chi connectivity index (χ2v) is 2.41. The molecule has 13 heavy (non-hydrogen) atoms. The Bertz CT molecular complexity index is 332. The minimum atomic E-state index is 0.810. The summed E-state index contributed by atoms with van der Waals surface area (Å²) in [5.74, 6) is 0.999. The van der Waals surface area contributed by atoms with Crippen molar-refractivity contribution in [3.05, 3.63) is 24.2 Å². The van der Waals surface area contributed by atoms with Crippen LogP contribution in [0.2, 0.25) is 0 Å². The van der Waals surface area contributed by atoms with E-state index in [0.29, 0.717) is 0 Å². The minimum Gasteiger partial charge on any atom is -0.341 e. The van der Waals surface area contributed by atoms with Gasteiger partial charge in [0, 0.05) is 12.6 Å². The number of aryl methyl sites for hydroxylation is 1. The summed E-state index contributed by atoms with van der Waals surface area (Å²) in [6, 6.07) is 3.88. The van der Waals surface area contributed by atoms with Crippen molar-refractivity contribution in [2.24, 2.45) is 0 Å². The van der Waals surface area contributed by atoms with Crippen molar-refractivity contribution in [3.63, 3.8) is 0 Å². The van der Waals surface area contributed by atoms with Gasteiger partial charge in [0.2, 0.25) is 0 Å². The van der Waals surface area contributed by atoms with Crippen LogP contribution in [0, 0.1) is 0 Å². The zero-order chi connectivity index (χ0) is 9.68. The lowest BCUT2D eigenvalue weighted by Crippen LogP contribution is -1.79. The first-order chi connectivity index (χ1) is 6.40. The van der Waals surface area contributed by atoms with Gasteiger partial charge in [-0.2, -0.15) is 0 Å². The molecule has 0 spiro atoms. The summed E-state index contributed by atoms with van der Waals surface area (Å²) < 4.78 is 0. The van der Waals surface area contributed by atoms with Gasteiger partial charge < -0.3 is 4.98 Å². The van der Waals surface area contributed by atoms with Gasteiger partial charge in [0.15, 0.2) is 5.65 Å². The highest BCUT2D eigenvalue weighted by atomic mass is 15.0. The number of nitrogens with zero attached hydrogens (tertiary/aromatic N) is 2. The number of hydrogen-bond acceptors (Lipinski definition) is 2. The number of nitrogens with one attached hydrogen (secondary N) is 1. The minimum absolute atomic E-state index is 0.810. The summed E-state index contributed by atoms with van der Waals surface area (Å²) in [6.07, 6.45) is 2.68. The lowest BCUT2D eigenvalue weighted by atomic mass is 10.4. The number of aromatic nitrogens is 3. The van der Waals surface area contributed by atoms with Crippen LogP contribution in [0.1, 0.15) is 26.6 Å². The van der Waals surface area contributed by atoms with E-state index >= 15 is 0 Å². The fourth-order valence-corrected chi connectivity index (χ4v) is 1.06. The standard InChI is InChI=1S/C8H9N3.C2H6/c1-2-7-10-6-4-3-5-9-8(6)11-7;1-2/h3-5H,2H2,1H3,(H,9,10,11);1-2H3. The van der Waals surface area contributed by atoms with Gasteiger partial charge in [-0.3, -0.25) is 0 Å².